The summed E-state index contributed by atoms with van der Waals surface area (Å²) in [5, 5.41) is 14.4. The highest BCUT2D eigenvalue weighted by molar-refractivity contribution is 6.30. The minimum Gasteiger partial charge on any atom is -0.489 e. The number of nitrogens with zero attached hydrogens (tertiary/aromatic N) is 5. The lowest BCUT2D eigenvalue weighted by atomic mass is 10.00. The molecule has 0 spiro atoms. The Labute approximate surface area is 198 Å². The molecule has 6 rings (SSSR count). The standard InChI is InChI=1S/C23H21ClFN5O4/c24-12-8-26-21-18-10-28(11-19(18)27-29(21)9-12)22(31)17-4-1-13(25)5-20(17)34-16-6-14-2-3-15(7-16)30(14)23(32)33/h1,4-5,8-9,14-16H,2-3,6-7,10-11H2,(H,32,33)/t14-,15+,16-. The summed E-state index contributed by atoms with van der Waals surface area (Å²) in [6, 6.07) is 3.69. The number of fused-ring (bicyclic) bond motifs is 5. The van der Waals surface area contributed by atoms with Crippen molar-refractivity contribution < 1.29 is 23.8 Å². The molecule has 2 aromatic heterocycles. The molecule has 0 radical (unpaired) electrons. The van der Waals surface area contributed by atoms with Crippen LogP contribution in [0.5, 0.6) is 5.75 Å². The molecule has 1 aromatic carbocycles. The lowest BCUT2D eigenvalue weighted by Crippen LogP contribution is -2.48. The van der Waals surface area contributed by atoms with Crippen molar-refractivity contribution in [3.05, 3.63) is 58.3 Å². The van der Waals surface area contributed by atoms with Gasteiger partial charge in [-0.05, 0) is 25.0 Å². The Morgan fingerprint density at radius 2 is 1.94 bits per heavy atom. The number of amides is 2. The largest absolute Gasteiger partial charge is 0.489 e. The Balaban J connectivity index is 1.23. The Kier molecular flexibility index (Phi) is 4.87. The van der Waals surface area contributed by atoms with E-state index < -0.39 is 11.9 Å². The quantitative estimate of drug-likeness (QED) is 0.606. The molecule has 1 N–H and O–H groups in total. The minimum atomic E-state index is -0.913. The molecule has 5 heterocycles. The van der Waals surface area contributed by atoms with E-state index in [1.165, 1.54) is 29.3 Å². The summed E-state index contributed by atoms with van der Waals surface area (Å²) in [7, 11) is 0. The zero-order valence-corrected chi connectivity index (χ0v) is 18.8. The average molecular weight is 486 g/mol. The molecule has 11 heteroatoms. The highest BCUT2D eigenvalue weighted by Crippen LogP contribution is 2.38. The van der Waals surface area contributed by atoms with Crippen LogP contribution in [-0.4, -0.2) is 59.7 Å². The Bertz CT molecular complexity index is 1320. The molecule has 9 nitrogen and oxygen atoms in total. The number of ether oxygens (including phenoxy) is 1. The van der Waals surface area contributed by atoms with Crippen molar-refractivity contribution in [3.63, 3.8) is 0 Å². The first-order chi connectivity index (χ1) is 16.4. The fraction of sp³-hybridized carbons (Fsp3) is 0.391. The van der Waals surface area contributed by atoms with E-state index in [2.05, 4.69) is 10.1 Å². The molecule has 3 aromatic rings. The second-order valence-corrected chi connectivity index (χ2v) is 9.49. The van der Waals surface area contributed by atoms with Gasteiger partial charge in [0.25, 0.3) is 5.91 Å². The van der Waals surface area contributed by atoms with Gasteiger partial charge in [-0.15, -0.1) is 0 Å². The predicted molar refractivity (Wildman–Crippen MR) is 118 cm³/mol. The topological polar surface area (TPSA) is 100 Å². The van der Waals surface area contributed by atoms with Gasteiger partial charge in [0.05, 0.1) is 35.6 Å². The lowest BCUT2D eigenvalue weighted by molar-refractivity contribution is 0.0484. The SMILES string of the molecule is O=C(c1ccc(F)cc1O[C@@H]1C[C@H]2CC[C@@H](C1)N2C(=O)O)N1Cc2nn3cc(Cl)cnc3c2C1. The maximum atomic E-state index is 14.1. The van der Waals surface area contributed by atoms with Crippen LogP contribution in [0, 0.1) is 5.82 Å². The Hall–Kier alpha value is -3.40. The summed E-state index contributed by atoms with van der Waals surface area (Å²) >= 11 is 5.99. The number of carbonyl (C=O) groups is 2. The first-order valence-corrected chi connectivity index (χ1v) is 11.5. The van der Waals surface area contributed by atoms with Crippen LogP contribution in [0.25, 0.3) is 5.65 Å². The smallest absolute Gasteiger partial charge is 0.407 e. The van der Waals surface area contributed by atoms with Crippen LogP contribution in [0.15, 0.2) is 30.6 Å². The van der Waals surface area contributed by atoms with Crippen LogP contribution in [0.4, 0.5) is 9.18 Å². The van der Waals surface area contributed by atoms with Crippen molar-refractivity contribution in [3.8, 4) is 5.75 Å². The van der Waals surface area contributed by atoms with Gasteiger partial charge in [0.1, 0.15) is 17.7 Å². The van der Waals surface area contributed by atoms with E-state index in [9.17, 15) is 19.1 Å². The van der Waals surface area contributed by atoms with Crippen molar-refractivity contribution in [2.24, 2.45) is 0 Å². The maximum absolute atomic E-state index is 14.1. The molecule has 2 fully saturated rings. The summed E-state index contributed by atoms with van der Waals surface area (Å²) in [4.78, 5) is 32.4. The molecular formula is C23H21ClFN5O4. The second kappa shape index (κ2) is 7.83. The minimum absolute atomic E-state index is 0.111. The van der Waals surface area contributed by atoms with Gasteiger partial charge in [0.2, 0.25) is 0 Å². The van der Waals surface area contributed by atoms with Crippen molar-refractivity contribution in [2.75, 3.05) is 0 Å². The molecule has 176 valence electrons. The van der Waals surface area contributed by atoms with Crippen LogP contribution in [0.3, 0.4) is 0 Å². The van der Waals surface area contributed by atoms with Crippen LogP contribution >= 0.6 is 11.6 Å². The van der Waals surface area contributed by atoms with Crippen LogP contribution in [-0.2, 0) is 13.1 Å². The number of aromatic nitrogens is 3. The highest BCUT2D eigenvalue weighted by atomic mass is 35.5. The van der Waals surface area contributed by atoms with Crippen LogP contribution in [0.1, 0.15) is 47.3 Å². The molecule has 2 bridgehead atoms. The van der Waals surface area contributed by atoms with Gasteiger partial charge in [-0.3, -0.25) is 4.79 Å². The predicted octanol–water partition coefficient (Wildman–Crippen LogP) is 3.73. The number of rotatable bonds is 3. The van der Waals surface area contributed by atoms with Crippen molar-refractivity contribution in [1.29, 1.82) is 0 Å². The number of piperidine rings is 1. The normalized spacial score (nSPS) is 23.4. The lowest BCUT2D eigenvalue weighted by Gasteiger charge is -2.37. The monoisotopic (exact) mass is 485 g/mol. The molecule has 34 heavy (non-hydrogen) atoms. The summed E-state index contributed by atoms with van der Waals surface area (Å²) in [5.74, 6) is -0.603. The molecule has 0 saturated carbocycles. The number of hydrogen-bond acceptors (Lipinski definition) is 5. The van der Waals surface area contributed by atoms with E-state index in [0.717, 1.165) is 24.1 Å². The zero-order chi connectivity index (χ0) is 23.6. The van der Waals surface area contributed by atoms with Gasteiger partial charge in [0.15, 0.2) is 5.65 Å². The van der Waals surface area contributed by atoms with E-state index in [1.807, 2.05) is 0 Å². The second-order valence-electron chi connectivity index (χ2n) is 9.05. The van der Waals surface area contributed by atoms with Crippen LogP contribution in [0.2, 0.25) is 5.02 Å². The third-order valence-corrected chi connectivity index (χ3v) is 7.17. The summed E-state index contributed by atoms with van der Waals surface area (Å²) < 4.78 is 21.9. The van der Waals surface area contributed by atoms with E-state index in [1.54, 1.807) is 15.6 Å². The number of benzene rings is 1. The van der Waals surface area contributed by atoms with E-state index in [-0.39, 0.29) is 35.4 Å². The number of halogens is 2. The highest BCUT2D eigenvalue weighted by Gasteiger charge is 2.44. The van der Waals surface area contributed by atoms with Crippen molar-refractivity contribution >= 4 is 29.2 Å². The molecule has 3 aliphatic rings. The van der Waals surface area contributed by atoms with Gasteiger partial charge in [-0.25, -0.2) is 18.7 Å². The van der Waals surface area contributed by atoms with Gasteiger partial charge in [-0.1, -0.05) is 11.6 Å². The van der Waals surface area contributed by atoms with E-state index >= 15 is 0 Å². The van der Waals surface area contributed by atoms with Crippen LogP contribution < -0.4 is 4.74 Å². The summed E-state index contributed by atoms with van der Waals surface area (Å²) in [6.07, 6.45) is 4.64. The van der Waals surface area contributed by atoms with E-state index in [0.29, 0.717) is 36.6 Å². The zero-order valence-electron chi connectivity index (χ0n) is 18.0. The summed E-state index contributed by atoms with van der Waals surface area (Å²) in [6.45, 7) is 0.622. The molecule has 2 saturated heterocycles. The molecule has 0 aliphatic carbocycles. The molecular weight excluding hydrogens is 465 g/mol. The molecule has 0 unspecified atom stereocenters. The van der Waals surface area contributed by atoms with Gasteiger partial charge in [0, 0.05) is 42.8 Å². The molecule has 3 aliphatic heterocycles. The Morgan fingerprint density at radius 3 is 2.68 bits per heavy atom. The third kappa shape index (κ3) is 3.44. The average Bonchev–Trinajstić information content (AvgIpc) is 3.42. The third-order valence-electron chi connectivity index (χ3n) is 6.97. The first-order valence-electron chi connectivity index (χ1n) is 11.2. The fourth-order valence-corrected chi connectivity index (χ4v) is 5.66. The summed E-state index contributed by atoms with van der Waals surface area (Å²) in [5.41, 5.74) is 2.51. The van der Waals surface area contributed by atoms with Crippen molar-refractivity contribution in [1.82, 2.24) is 24.4 Å². The first kappa shape index (κ1) is 21.2. The van der Waals surface area contributed by atoms with Crippen molar-refractivity contribution in [2.45, 2.75) is 57.0 Å². The number of carboxylic acid groups (broad SMARTS) is 1. The van der Waals surface area contributed by atoms with E-state index in [4.69, 9.17) is 16.3 Å². The Morgan fingerprint density at radius 1 is 1.18 bits per heavy atom. The van der Waals surface area contributed by atoms with Gasteiger partial charge >= 0.3 is 6.09 Å². The fourth-order valence-electron chi connectivity index (χ4n) is 5.52. The number of carbonyl (C=O) groups excluding carboxylic acids is 1. The molecule has 2 amide bonds. The maximum Gasteiger partial charge on any atom is 0.407 e. The van der Waals surface area contributed by atoms with Gasteiger partial charge in [-0.2, -0.15) is 5.10 Å². The number of hydrogen-bond donors (Lipinski definition) is 1. The molecule has 3 atom stereocenters. The van der Waals surface area contributed by atoms with Gasteiger partial charge < -0.3 is 19.6 Å².